The molecule has 0 radical (unpaired) electrons. The summed E-state index contributed by atoms with van der Waals surface area (Å²) in [4.78, 5) is 9.76. The van der Waals surface area contributed by atoms with Gasteiger partial charge in [0.1, 0.15) is 6.10 Å². The van der Waals surface area contributed by atoms with Crippen molar-refractivity contribution in [1.82, 2.24) is 0 Å². The van der Waals surface area contributed by atoms with E-state index in [0.29, 0.717) is 6.42 Å². The van der Waals surface area contributed by atoms with Gasteiger partial charge in [0.25, 0.3) is 0 Å². The SMILES string of the molecule is CCCCC(CC)CC(OP(=O)(O)CC(O)CO)C(O)CO. The molecule has 0 aliphatic heterocycles. The van der Waals surface area contributed by atoms with E-state index in [1.54, 1.807) is 0 Å². The van der Waals surface area contributed by atoms with Crippen LogP contribution in [-0.4, -0.2) is 63.0 Å². The number of rotatable bonds is 13. The van der Waals surface area contributed by atoms with Crippen molar-refractivity contribution in [2.24, 2.45) is 5.92 Å². The summed E-state index contributed by atoms with van der Waals surface area (Å²) in [6.45, 7) is 2.85. The highest BCUT2D eigenvalue weighted by atomic mass is 31.2. The van der Waals surface area contributed by atoms with Crippen LogP contribution in [0.2, 0.25) is 0 Å². The summed E-state index contributed by atoms with van der Waals surface area (Å²) >= 11 is 0. The molecule has 5 unspecified atom stereocenters. The van der Waals surface area contributed by atoms with Crippen LogP contribution in [0.5, 0.6) is 0 Å². The van der Waals surface area contributed by atoms with Gasteiger partial charge in [0.15, 0.2) is 0 Å². The molecule has 0 heterocycles. The van der Waals surface area contributed by atoms with Gasteiger partial charge < -0.3 is 29.8 Å². The van der Waals surface area contributed by atoms with E-state index in [9.17, 15) is 19.7 Å². The fraction of sp³-hybridized carbons (Fsp3) is 1.00. The van der Waals surface area contributed by atoms with Gasteiger partial charge in [0.05, 0.1) is 31.6 Å². The van der Waals surface area contributed by atoms with Gasteiger partial charge in [-0.1, -0.05) is 39.5 Å². The third-order valence-electron chi connectivity index (χ3n) is 3.68. The molecule has 0 fully saturated rings. The van der Waals surface area contributed by atoms with Crippen LogP contribution in [0.4, 0.5) is 0 Å². The van der Waals surface area contributed by atoms with E-state index in [2.05, 4.69) is 6.92 Å². The van der Waals surface area contributed by atoms with Gasteiger partial charge in [0, 0.05) is 0 Å². The lowest BCUT2D eigenvalue weighted by Gasteiger charge is -2.28. The van der Waals surface area contributed by atoms with Crippen molar-refractivity contribution >= 4 is 7.60 Å². The zero-order valence-corrected chi connectivity index (χ0v) is 14.4. The summed E-state index contributed by atoms with van der Waals surface area (Å²) < 4.78 is 17.1. The number of aliphatic hydroxyl groups is 4. The summed E-state index contributed by atoms with van der Waals surface area (Å²) in [5, 5.41) is 36.9. The highest BCUT2D eigenvalue weighted by Crippen LogP contribution is 2.45. The van der Waals surface area contributed by atoms with Gasteiger partial charge in [-0.05, 0) is 12.3 Å². The fourth-order valence-corrected chi connectivity index (χ4v) is 3.66. The summed E-state index contributed by atoms with van der Waals surface area (Å²) in [7, 11) is -4.16. The van der Waals surface area contributed by atoms with Crippen molar-refractivity contribution in [3.63, 3.8) is 0 Å². The summed E-state index contributed by atoms with van der Waals surface area (Å²) in [5.74, 6) is 0.217. The molecule has 0 aromatic heterocycles. The molecule has 134 valence electrons. The maximum Gasteiger partial charge on any atom is 0.331 e. The molecule has 0 amide bonds. The van der Waals surface area contributed by atoms with Crippen LogP contribution in [0.25, 0.3) is 0 Å². The minimum absolute atomic E-state index is 0.217. The predicted molar refractivity (Wildman–Crippen MR) is 83.7 cm³/mol. The number of hydrogen-bond donors (Lipinski definition) is 5. The molecule has 8 heteroatoms. The Labute approximate surface area is 132 Å². The van der Waals surface area contributed by atoms with Crippen molar-refractivity contribution < 1.29 is 34.4 Å². The van der Waals surface area contributed by atoms with Crippen LogP contribution < -0.4 is 0 Å². The molecule has 5 atom stereocenters. The van der Waals surface area contributed by atoms with E-state index in [0.717, 1.165) is 25.7 Å². The van der Waals surface area contributed by atoms with E-state index in [4.69, 9.17) is 14.7 Å². The van der Waals surface area contributed by atoms with Gasteiger partial charge in [-0.25, -0.2) is 0 Å². The predicted octanol–water partition coefficient (Wildman–Crippen LogP) is 0.870. The first-order valence-electron chi connectivity index (χ1n) is 7.87. The lowest BCUT2D eigenvalue weighted by Crippen LogP contribution is -2.34. The molecule has 22 heavy (non-hydrogen) atoms. The summed E-state index contributed by atoms with van der Waals surface area (Å²) in [6, 6.07) is 0. The van der Waals surface area contributed by atoms with Crippen molar-refractivity contribution in [1.29, 1.82) is 0 Å². The molecule has 0 aliphatic rings. The van der Waals surface area contributed by atoms with Gasteiger partial charge in [-0.3, -0.25) is 4.57 Å². The zero-order valence-electron chi connectivity index (χ0n) is 13.5. The Morgan fingerprint density at radius 1 is 1.14 bits per heavy atom. The first kappa shape index (κ1) is 22.0. The molecule has 0 aromatic carbocycles. The monoisotopic (exact) mass is 342 g/mol. The molecular formula is C14H31O7P. The van der Waals surface area contributed by atoms with Crippen molar-refractivity contribution in [2.75, 3.05) is 19.4 Å². The van der Waals surface area contributed by atoms with Crippen LogP contribution in [0.15, 0.2) is 0 Å². The zero-order chi connectivity index (χ0) is 17.2. The third-order valence-corrected chi connectivity index (χ3v) is 5.16. The van der Waals surface area contributed by atoms with Gasteiger partial charge in [0.2, 0.25) is 0 Å². The fourth-order valence-electron chi connectivity index (χ4n) is 2.28. The molecule has 0 saturated carbocycles. The first-order valence-corrected chi connectivity index (χ1v) is 9.63. The first-order chi connectivity index (χ1) is 10.3. The Balaban J connectivity index is 4.79. The Hall–Kier alpha value is -0.0100. The van der Waals surface area contributed by atoms with Gasteiger partial charge in [-0.15, -0.1) is 0 Å². The van der Waals surface area contributed by atoms with Crippen molar-refractivity contribution in [3.8, 4) is 0 Å². The molecule has 0 spiro atoms. The molecule has 0 aliphatic carbocycles. The quantitative estimate of drug-likeness (QED) is 0.314. The van der Waals surface area contributed by atoms with E-state index in [1.807, 2.05) is 6.92 Å². The topological polar surface area (TPSA) is 127 Å². The maximum absolute atomic E-state index is 12.0. The Kier molecular flexibility index (Phi) is 11.5. The molecule has 0 rings (SSSR count). The third kappa shape index (κ3) is 9.20. The molecule has 0 bridgehead atoms. The smallest absolute Gasteiger partial charge is 0.331 e. The van der Waals surface area contributed by atoms with Crippen LogP contribution in [0, 0.1) is 5.92 Å². The minimum atomic E-state index is -4.16. The molecule has 0 aromatic rings. The van der Waals surface area contributed by atoms with Crippen molar-refractivity contribution in [2.45, 2.75) is 64.3 Å². The number of hydrogen-bond acceptors (Lipinski definition) is 6. The second kappa shape index (κ2) is 11.5. The molecule has 0 saturated heterocycles. The van der Waals surface area contributed by atoms with Crippen LogP contribution in [0.3, 0.4) is 0 Å². The minimum Gasteiger partial charge on any atom is -0.394 e. The normalized spacial score (nSPS) is 20.1. The highest BCUT2D eigenvalue weighted by molar-refractivity contribution is 7.52. The van der Waals surface area contributed by atoms with Crippen molar-refractivity contribution in [3.05, 3.63) is 0 Å². The Morgan fingerprint density at radius 2 is 1.77 bits per heavy atom. The highest BCUT2D eigenvalue weighted by Gasteiger charge is 2.32. The second-order valence-electron chi connectivity index (χ2n) is 5.70. The molecule has 5 N–H and O–H groups in total. The lowest BCUT2D eigenvalue weighted by atomic mass is 9.91. The van der Waals surface area contributed by atoms with Crippen LogP contribution in [-0.2, 0) is 9.09 Å². The Morgan fingerprint density at radius 3 is 2.23 bits per heavy atom. The van der Waals surface area contributed by atoms with Gasteiger partial charge in [-0.2, -0.15) is 0 Å². The summed E-state index contributed by atoms with van der Waals surface area (Å²) in [6.07, 6.45) is -0.0398. The summed E-state index contributed by atoms with van der Waals surface area (Å²) in [5.41, 5.74) is 0. The van der Waals surface area contributed by atoms with Gasteiger partial charge >= 0.3 is 7.60 Å². The Bertz CT molecular complexity index is 326. The largest absolute Gasteiger partial charge is 0.394 e. The lowest BCUT2D eigenvalue weighted by molar-refractivity contribution is -0.0180. The van der Waals surface area contributed by atoms with E-state index >= 15 is 0 Å². The van der Waals surface area contributed by atoms with E-state index in [-0.39, 0.29) is 5.92 Å². The molecular weight excluding hydrogens is 311 g/mol. The van der Waals surface area contributed by atoms with Crippen LogP contribution >= 0.6 is 7.60 Å². The number of unbranched alkanes of at least 4 members (excludes halogenated alkanes) is 1. The average molecular weight is 342 g/mol. The second-order valence-corrected chi connectivity index (χ2v) is 7.55. The van der Waals surface area contributed by atoms with Crippen LogP contribution in [0.1, 0.15) is 46.0 Å². The average Bonchev–Trinajstić information content (AvgIpc) is 2.48. The van der Waals surface area contributed by atoms with E-state index < -0.39 is 45.3 Å². The standard InChI is InChI=1S/C14H31O7P/c1-3-5-6-11(4-2)7-14(13(18)9-16)21-22(19,20)10-12(17)8-15/h11-18H,3-10H2,1-2H3,(H,19,20). The molecule has 7 nitrogen and oxygen atoms in total. The number of aliphatic hydroxyl groups excluding tert-OH is 4. The maximum atomic E-state index is 12.0. The van der Waals surface area contributed by atoms with E-state index in [1.165, 1.54) is 0 Å².